The molecule has 1 saturated heterocycles. The van der Waals surface area contributed by atoms with E-state index in [0.29, 0.717) is 6.04 Å². The van der Waals surface area contributed by atoms with Crippen LogP contribution in [0, 0.1) is 6.92 Å². The SMILES string of the molecule is CCN(c1ccc(C)cc1)C1CCN(C(=O)OC(C)(C)C)CC1. The van der Waals surface area contributed by atoms with Crippen LogP contribution < -0.4 is 4.90 Å². The molecule has 1 amide bonds. The smallest absolute Gasteiger partial charge is 0.410 e. The predicted octanol–water partition coefficient (Wildman–Crippen LogP) is 4.22. The summed E-state index contributed by atoms with van der Waals surface area (Å²) in [5.41, 5.74) is 2.13. The van der Waals surface area contributed by atoms with Gasteiger partial charge in [0.25, 0.3) is 0 Å². The van der Waals surface area contributed by atoms with E-state index in [4.69, 9.17) is 4.74 Å². The van der Waals surface area contributed by atoms with E-state index < -0.39 is 5.60 Å². The maximum Gasteiger partial charge on any atom is 0.410 e. The number of piperidine rings is 1. The van der Waals surface area contributed by atoms with E-state index >= 15 is 0 Å². The Hall–Kier alpha value is -1.71. The standard InChI is InChI=1S/C19H30N2O2/c1-6-21(16-9-7-15(2)8-10-16)17-11-13-20(14-12-17)18(22)23-19(3,4)5/h7-10,17H,6,11-14H2,1-5H3. The summed E-state index contributed by atoms with van der Waals surface area (Å²) in [6, 6.07) is 9.20. The highest BCUT2D eigenvalue weighted by molar-refractivity contribution is 5.68. The number of carbonyl (C=O) groups excluding carboxylic acids is 1. The Balaban J connectivity index is 1.94. The van der Waals surface area contributed by atoms with Crippen LogP contribution in [0.2, 0.25) is 0 Å². The van der Waals surface area contributed by atoms with Crippen molar-refractivity contribution in [1.82, 2.24) is 4.90 Å². The number of carbonyl (C=O) groups is 1. The number of likely N-dealkylation sites (tertiary alicyclic amines) is 1. The normalized spacial score (nSPS) is 16.3. The number of anilines is 1. The Morgan fingerprint density at radius 2 is 1.78 bits per heavy atom. The molecule has 23 heavy (non-hydrogen) atoms. The highest BCUT2D eigenvalue weighted by Crippen LogP contribution is 2.24. The van der Waals surface area contributed by atoms with Gasteiger partial charge in [0.1, 0.15) is 5.60 Å². The first-order valence-electron chi connectivity index (χ1n) is 8.61. The first-order valence-corrected chi connectivity index (χ1v) is 8.61. The molecule has 0 spiro atoms. The molecule has 0 aliphatic carbocycles. The van der Waals surface area contributed by atoms with Crippen molar-refractivity contribution in [3.05, 3.63) is 29.8 Å². The van der Waals surface area contributed by atoms with Crippen LogP contribution in [0.25, 0.3) is 0 Å². The molecule has 128 valence electrons. The molecule has 2 rings (SSSR count). The van der Waals surface area contributed by atoms with E-state index in [2.05, 4.69) is 43.0 Å². The molecule has 0 N–H and O–H groups in total. The lowest BCUT2D eigenvalue weighted by atomic mass is 10.0. The molecule has 0 unspecified atom stereocenters. The maximum absolute atomic E-state index is 12.2. The summed E-state index contributed by atoms with van der Waals surface area (Å²) in [6.07, 6.45) is 1.79. The van der Waals surface area contributed by atoms with Gasteiger partial charge in [-0.3, -0.25) is 0 Å². The minimum absolute atomic E-state index is 0.186. The number of ether oxygens (including phenoxy) is 1. The molecule has 1 aromatic rings. The minimum Gasteiger partial charge on any atom is -0.444 e. The van der Waals surface area contributed by atoms with Crippen LogP contribution in [0.15, 0.2) is 24.3 Å². The summed E-state index contributed by atoms with van der Waals surface area (Å²) in [5.74, 6) is 0. The Kier molecular flexibility index (Phi) is 5.55. The van der Waals surface area contributed by atoms with E-state index in [-0.39, 0.29) is 6.09 Å². The fourth-order valence-corrected chi connectivity index (χ4v) is 3.07. The second-order valence-electron chi connectivity index (χ2n) is 7.32. The Bertz CT molecular complexity index is 511. The van der Waals surface area contributed by atoms with Gasteiger partial charge < -0.3 is 14.5 Å². The van der Waals surface area contributed by atoms with Crippen LogP contribution in [0.5, 0.6) is 0 Å². The van der Waals surface area contributed by atoms with Crippen molar-refractivity contribution in [3.8, 4) is 0 Å². The molecule has 1 aliphatic heterocycles. The summed E-state index contributed by atoms with van der Waals surface area (Å²) in [4.78, 5) is 16.4. The number of hydrogen-bond donors (Lipinski definition) is 0. The lowest BCUT2D eigenvalue weighted by molar-refractivity contribution is 0.0205. The second-order valence-corrected chi connectivity index (χ2v) is 7.32. The van der Waals surface area contributed by atoms with Crippen LogP contribution in [-0.2, 0) is 4.74 Å². The van der Waals surface area contributed by atoms with Gasteiger partial charge in [0.15, 0.2) is 0 Å². The lowest BCUT2D eigenvalue weighted by Gasteiger charge is -2.39. The lowest BCUT2D eigenvalue weighted by Crippen LogP contribution is -2.48. The summed E-state index contributed by atoms with van der Waals surface area (Å²) in [5, 5.41) is 0. The second kappa shape index (κ2) is 7.24. The highest BCUT2D eigenvalue weighted by Gasteiger charge is 2.29. The summed E-state index contributed by atoms with van der Waals surface area (Å²) < 4.78 is 5.47. The van der Waals surface area contributed by atoms with Crippen molar-refractivity contribution in [2.45, 2.75) is 59.1 Å². The molecule has 0 radical (unpaired) electrons. The average molecular weight is 318 g/mol. The summed E-state index contributed by atoms with van der Waals surface area (Å²) in [6.45, 7) is 12.6. The zero-order valence-corrected chi connectivity index (χ0v) is 15.1. The molecule has 4 heteroatoms. The van der Waals surface area contributed by atoms with Gasteiger partial charge in [-0.1, -0.05) is 17.7 Å². The van der Waals surface area contributed by atoms with Gasteiger partial charge in [-0.25, -0.2) is 4.79 Å². The van der Waals surface area contributed by atoms with E-state index in [1.165, 1.54) is 11.3 Å². The predicted molar refractivity (Wildman–Crippen MR) is 95.0 cm³/mol. The highest BCUT2D eigenvalue weighted by atomic mass is 16.6. The monoisotopic (exact) mass is 318 g/mol. The van der Waals surface area contributed by atoms with Gasteiger partial charge in [0.05, 0.1) is 0 Å². The molecule has 1 fully saturated rings. The van der Waals surface area contributed by atoms with Crippen molar-refractivity contribution in [1.29, 1.82) is 0 Å². The molecule has 1 heterocycles. The van der Waals surface area contributed by atoms with Crippen molar-refractivity contribution >= 4 is 11.8 Å². The van der Waals surface area contributed by atoms with Crippen molar-refractivity contribution < 1.29 is 9.53 Å². The Morgan fingerprint density at radius 1 is 1.22 bits per heavy atom. The van der Waals surface area contributed by atoms with Crippen LogP contribution in [-0.4, -0.2) is 42.3 Å². The van der Waals surface area contributed by atoms with Gasteiger partial charge in [-0.2, -0.15) is 0 Å². The van der Waals surface area contributed by atoms with E-state index in [1.807, 2.05) is 25.7 Å². The first-order chi connectivity index (χ1) is 10.8. The molecule has 1 aliphatic rings. The molecular weight excluding hydrogens is 288 g/mol. The number of nitrogens with zero attached hydrogens (tertiary/aromatic N) is 2. The van der Waals surface area contributed by atoms with Crippen LogP contribution >= 0.6 is 0 Å². The number of benzene rings is 1. The molecule has 0 atom stereocenters. The van der Waals surface area contributed by atoms with E-state index in [1.54, 1.807) is 0 Å². The Morgan fingerprint density at radius 3 is 2.26 bits per heavy atom. The average Bonchev–Trinajstić information content (AvgIpc) is 2.49. The quantitative estimate of drug-likeness (QED) is 0.836. The third kappa shape index (κ3) is 4.88. The van der Waals surface area contributed by atoms with Crippen LogP contribution in [0.3, 0.4) is 0 Å². The fraction of sp³-hybridized carbons (Fsp3) is 0.632. The molecule has 1 aromatic carbocycles. The van der Waals surface area contributed by atoms with Crippen molar-refractivity contribution in [2.75, 3.05) is 24.5 Å². The zero-order chi connectivity index (χ0) is 17.0. The maximum atomic E-state index is 12.2. The third-order valence-electron chi connectivity index (χ3n) is 4.26. The largest absolute Gasteiger partial charge is 0.444 e. The summed E-state index contributed by atoms with van der Waals surface area (Å²) in [7, 11) is 0. The Labute approximate surface area is 140 Å². The van der Waals surface area contributed by atoms with Gasteiger partial charge in [-0.15, -0.1) is 0 Å². The van der Waals surface area contributed by atoms with Crippen molar-refractivity contribution in [2.24, 2.45) is 0 Å². The molecule has 0 bridgehead atoms. The van der Waals surface area contributed by atoms with Gasteiger partial charge in [-0.05, 0) is 59.6 Å². The van der Waals surface area contributed by atoms with Gasteiger partial charge in [0, 0.05) is 31.4 Å². The van der Waals surface area contributed by atoms with E-state index in [0.717, 1.165) is 32.5 Å². The molecular formula is C19H30N2O2. The number of aryl methyl sites for hydroxylation is 1. The number of amides is 1. The minimum atomic E-state index is -0.425. The van der Waals surface area contributed by atoms with Crippen LogP contribution in [0.4, 0.5) is 10.5 Å². The fourth-order valence-electron chi connectivity index (χ4n) is 3.07. The third-order valence-corrected chi connectivity index (χ3v) is 4.26. The zero-order valence-electron chi connectivity index (χ0n) is 15.1. The van der Waals surface area contributed by atoms with Gasteiger partial charge in [0.2, 0.25) is 0 Å². The first kappa shape index (κ1) is 17.6. The molecule has 0 saturated carbocycles. The topological polar surface area (TPSA) is 32.8 Å². The molecule has 4 nitrogen and oxygen atoms in total. The summed E-state index contributed by atoms with van der Waals surface area (Å²) >= 11 is 0. The van der Waals surface area contributed by atoms with Crippen LogP contribution in [0.1, 0.15) is 46.1 Å². The van der Waals surface area contributed by atoms with Crippen molar-refractivity contribution in [3.63, 3.8) is 0 Å². The van der Waals surface area contributed by atoms with Gasteiger partial charge >= 0.3 is 6.09 Å². The number of rotatable bonds is 3. The van der Waals surface area contributed by atoms with E-state index in [9.17, 15) is 4.79 Å². The number of hydrogen-bond acceptors (Lipinski definition) is 3. The molecule has 0 aromatic heterocycles.